The molecule has 0 radical (unpaired) electrons. The van der Waals surface area contributed by atoms with Crippen LogP contribution in [0.3, 0.4) is 0 Å². The summed E-state index contributed by atoms with van der Waals surface area (Å²) >= 11 is 0. The number of hydrogen-bond acceptors (Lipinski definition) is 4. The SMILES string of the molecule is COc1ccc2c3c(c4ccc(OC)c(OC)c4c2c1)CC1CCCN1C3. The minimum absolute atomic E-state index is 0.671. The van der Waals surface area contributed by atoms with Gasteiger partial charge in [-0.15, -0.1) is 0 Å². The van der Waals surface area contributed by atoms with Crippen LogP contribution in [-0.4, -0.2) is 38.8 Å². The third kappa shape index (κ3) is 2.39. The van der Waals surface area contributed by atoms with E-state index in [2.05, 4.69) is 29.2 Å². The first-order valence-corrected chi connectivity index (χ1v) is 9.65. The van der Waals surface area contributed by atoms with E-state index >= 15 is 0 Å². The predicted molar refractivity (Wildman–Crippen MR) is 108 cm³/mol. The zero-order valence-electron chi connectivity index (χ0n) is 16.2. The van der Waals surface area contributed by atoms with E-state index in [9.17, 15) is 0 Å². The van der Waals surface area contributed by atoms with Crippen LogP contribution < -0.4 is 14.2 Å². The normalized spacial score (nSPS) is 19.1. The maximum atomic E-state index is 5.83. The Kier molecular flexibility index (Phi) is 3.90. The van der Waals surface area contributed by atoms with Gasteiger partial charge in [-0.1, -0.05) is 12.1 Å². The van der Waals surface area contributed by atoms with Crippen LogP contribution in [0.25, 0.3) is 21.5 Å². The lowest BCUT2D eigenvalue weighted by Crippen LogP contribution is -2.35. The van der Waals surface area contributed by atoms with E-state index in [0.29, 0.717) is 6.04 Å². The van der Waals surface area contributed by atoms with Crippen molar-refractivity contribution in [3.63, 3.8) is 0 Å². The first-order valence-electron chi connectivity index (χ1n) is 9.65. The Balaban J connectivity index is 1.91. The lowest BCUT2D eigenvalue weighted by molar-refractivity contribution is 0.229. The van der Waals surface area contributed by atoms with Gasteiger partial charge in [0.05, 0.1) is 21.3 Å². The van der Waals surface area contributed by atoms with E-state index in [4.69, 9.17) is 14.2 Å². The minimum Gasteiger partial charge on any atom is -0.497 e. The van der Waals surface area contributed by atoms with Gasteiger partial charge in [0.2, 0.25) is 0 Å². The van der Waals surface area contributed by atoms with Crippen molar-refractivity contribution in [2.45, 2.75) is 31.8 Å². The van der Waals surface area contributed by atoms with Crippen LogP contribution in [0.15, 0.2) is 30.3 Å². The van der Waals surface area contributed by atoms with Crippen LogP contribution in [0.2, 0.25) is 0 Å². The van der Waals surface area contributed by atoms with Crippen molar-refractivity contribution in [2.75, 3.05) is 27.9 Å². The van der Waals surface area contributed by atoms with Crippen LogP contribution >= 0.6 is 0 Å². The maximum absolute atomic E-state index is 5.83. The van der Waals surface area contributed by atoms with Gasteiger partial charge < -0.3 is 14.2 Å². The van der Waals surface area contributed by atoms with Gasteiger partial charge in [-0.05, 0) is 71.3 Å². The van der Waals surface area contributed by atoms with Gasteiger partial charge in [0.25, 0.3) is 0 Å². The monoisotopic (exact) mass is 363 g/mol. The Bertz CT molecular complexity index is 1040. The summed E-state index contributed by atoms with van der Waals surface area (Å²) in [6, 6.07) is 11.3. The number of hydrogen-bond donors (Lipinski definition) is 0. The van der Waals surface area contributed by atoms with Gasteiger partial charge >= 0.3 is 0 Å². The summed E-state index contributed by atoms with van der Waals surface area (Å²) in [6.07, 6.45) is 3.72. The molecule has 0 amide bonds. The minimum atomic E-state index is 0.671. The maximum Gasteiger partial charge on any atom is 0.169 e. The average Bonchev–Trinajstić information content (AvgIpc) is 3.18. The molecule has 27 heavy (non-hydrogen) atoms. The molecule has 3 aromatic rings. The zero-order chi connectivity index (χ0) is 18.5. The summed E-state index contributed by atoms with van der Waals surface area (Å²) in [6.45, 7) is 2.25. The Hall–Kier alpha value is -2.46. The molecule has 0 aromatic heterocycles. The van der Waals surface area contributed by atoms with Crippen molar-refractivity contribution in [3.8, 4) is 17.2 Å². The molecule has 3 aromatic carbocycles. The van der Waals surface area contributed by atoms with Gasteiger partial charge in [0.1, 0.15) is 5.75 Å². The third-order valence-corrected chi connectivity index (χ3v) is 6.36. The van der Waals surface area contributed by atoms with E-state index in [1.165, 1.54) is 46.7 Å². The van der Waals surface area contributed by atoms with E-state index < -0.39 is 0 Å². The first kappa shape index (κ1) is 16.7. The molecule has 2 heterocycles. The Morgan fingerprint density at radius 2 is 1.74 bits per heavy atom. The molecule has 0 N–H and O–H groups in total. The second-order valence-electron chi connectivity index (χ2n) is 7.56. The van der Waals surface area contributed by atoms with Crippen molar-refractivity contribution in [1.82, 2.24) is 4.90 Å². The van der Waals surface area contributed by atoms with Crippen LogP contribution in [0.4, 0.5) is 0 Å². The summed E-state index contributed by atoms with van der Waals surface area (Å²) in [5.74, 6) is 2.45. The van der Waals surface area contributed by atoms with Crippen LogP contribution in [0.1, 0.15) is 24.0 Å². The number of nitrogens with zero attached hydrogens (tertiary/aromatic N) is 1. The molecule has 2 aliphatic rings. The number of ether oxygens (including phenoxy) is 3. The molecule has 1 saturated heterocycles. The molecule has 140 valence electrons. The molecule has 1 unspecified atom stereocenters. The van der Waals surface area contributed by atoms with Crippen molar-refractivity contribution < 1.29 is 14.2 Å². The smallest absolute Gasteiger partial charge is 0.169 e. The number of benzene rings is 3. The highest BCUT2D eigenvalue weighted by Gasteiger charge is 2.32. The van der Waals surface area contributed by atoms with Crippen LogP contribution in [0.5, 0.6) is 17.2 Å². The Morgan fingerprint density at radius 1 is 0.889 bits per heavy atom. The second kappa shape index (κ2) is 6.31. The van der Waals surface area contributed by atoms with Crippen LogP contribution in [-0.2, 0) is 13.0 Å². The molecule has 5 rings (SSSR count). The molecule has 1 atom stereocenters. The quantitative estimate of drug-likeness (QED) is 0.639. The molecular weight excluding hydrogens is 338 g/mol. The highest BCUT2D eigenvalue weighted by Crippen LogP contribution is 2.46. The highest BCUT2D eigenvalue weighted by atomic mass is 16.5. The summed E-state index contributed by atoms with van der Waals surface area (Å²) in [4.78, 5) is 2.65. The molecule has 0 spiro atoms. The largest absolute Gasteiger partial charge is 0.497 e. The molecule has 4 nitrogen and oxygen atoms in total. The fourth-order valence-corrected chi connectivity index (χ4v) is 5.08. The van der Waals surface area contributed by atoms with Crippen molar-refractivity contribution >= 4 is 21.5 Å². The topological polar surface area (TPSA) is 30.9 Å². The summed E-state index contributed by atoms with van der Waals surface area (Å²) < 4.78 is 17.0. The average molecular weight is 363 g/mol. The molecule has 4 heteroatoms. The molecule has 0 saturated carbocycles. The van der Waals surface area contributed by atoms with E-state index in [-0.39, 0.29) is 0 Å². The molecular formula is C23H25NO3. The number of methoxy groups -OCH3 is 3. The summed E-state index contributed by atoms with van der Waals surface area (Å²) in [7, 11) is 5.14. The Labute approximate surface area is 159 Å². The fraction of sp³-hybridized carbons (Fsp3) is 0.391. The van der Waals surface area contributed by atoms with Gasteiger partial charge in [-0.2, -0.15) is 0 Å². The fourth-order valence-electron chi connectivity index (χ4n) is 5.08. The van der Waals surface area contributed by atoms with E-state index in [0.717, 1.165) is 35.6 Å². The molecule has 0 bridgehead atoms. The standard InChI is InChI=1S/C23H25NO3/c1-25-15-6-7-16-19(12-15)22-17(8-9-21(26-2)23(22)27-3)18-11-14-5-4-10-24(14)13-20(16)18/h6-9,12,14H,4-5,10-11,13H2,1-3H3. The number of rotatable bonds is 3. The number of fused-ring (bicyclic) bond motifs is 7. The summed E-state index contributed by atoms with van der Waals surface area (Å²) in [5.41, 5.74) is 2.94. The third-order valence-electron chi connectivity index (χ3n) is 6.36. The first-order chi connectivity index (χ1) is 13.2. The molecule has 2 aliphatic heterocycles. The lowest BCUT2D eigenvalue weighted by Gasteiger charge is -2.33. The van der Waals surface area contributed by atoms with Gasteiger partial charge in [-0.3, -0.25) is 4.90 Å². The lowest BCUT2D eigenvalue weighted by atomic mass is 9.85. The van der Waals surface area contributed by atoms with Crippen LogP contribution in [0, 0.1) is 0 Å². The predicted octanol–water partition coefficient (Wildman–Crippen LogP) is 4.54. The van der Waals surface area contributed by atoms with Gasteiger partial charge in [0, 0.05) is 18.0 Å². The Morgan fingerprint density at radius 3 is 2.52 bits per heavy atom. The van der Waals surface area contributed by atoms with Crippen molar-refractivity contribution in [3.05, 3.63) is 41.5 Å². The zero-order valence-corrected chi connectivity index (χ0v) is 16.2. The highest BCUT2D eigenvalue weighted by molar-refractivity contribution is 6.15. The van der Waals surface area contributed by atoms with E-state index in [1.54, 1.807) is 21.3 Å². The molecule has 0 aliphatic carbocycles. The van der Waals surface area contributed by atoms with Crippen molar-refractivity contribution in [2.24, 2.45) is 0 Å². The van der Waals surface area contributed by atoms with Gasteiger partial charge in [-0.25, -0.2) is 0 Å². The van der Waals surface area contributed by atoms with Gasteiger partial charge in [0.15, 0.2) is 11.5 Å². The molecule has 1 fully saturated rings. The summed E-state index contributed by atoms with van der Waals surface area (Å²) in [5, 5.41) is 4.90. The van der Waals surface area contributed by atoms with Crippen molar-refractivity contribution in [1.29, 1.82) is 0 Å². The second-order valence-corrected chi connectivity index (χ2v) is 7.56. The van der Waals surface area contributed by atoms with E-state index in [1.807, 2.05) is 6.07 Å².